The maximum absolute atomic E-state index is 11.0. The summed E-state index contributed by atoms with van der Waals surface area (Å²) in [6, 6.07) is 6.61. The lowest BCUT2D eigenvalue weighted by Gasteiger charge is -2.17. The third-order valence-electron chi connectivity index (χ3n) is 1.85. The van der Waals surface area contributed by atoms with Crippen molar-refractivity contribution in [1.29, 1.82) is 0 Å². The van der Waals surface area contributed by atoms with Crippen molar-refractivity contribution in [2.75, 3.05) is 0 Å². The summed E-state index contributed by atoms with van der Waals surface area (Å²) in [4.78, 5) is 11.2. The Morgan fingerprint density at radius 2 is 2.13 bits per heavy atom. The Kier molecular flexibility index (Phi) is 4.05. The maximum Gasteiger partial charge on any atom is 0.217 e. The summed E-state index contributed by atoms with van der Waals surface area (Å²) in [5.74, 6) is -0.201. The molecule has 1 atom stereocenters. The van der Waals surface area contributed by atoms with E-state index in [1.54, 1.807) is 18.2 Å². The first kappa shape index (κ1) is 11.9. The zero-order valence-corrected chi connectivity index (χ0v) is 9.73. The predicted octanol–water partition coefficient (Wildman–Crippen LogP) is 1.80. The first-order valence-electron chi connectivity index (χ1n) is 4.33. The van der Waals surface area contributed by atoms with Gasteiger partial charge in [-0.3, -0.25) is 4.79 Å². The molecule has 3 nitrogen and oxygen atoms in total. The molecule has 0 saturated heterocycles. The van der Waals surface area contributed by atoms with E-state index < -0.39 is 6.04 Å². The van der Waals surface area contributed by atoms with Crippen LogP contribution in [0.2, 0.25) is 5.02 Å². The van der Waals surface area contributed by atoms with E-state index in [2.05, 4.69) is 5.32 Å². The van der Waals surface area contributed by atoms with Crippen molar-refractivity contribution in [3.05, 3.63) is 34.9 Å². The number of hydrogen-bond donors (Lipinski definition) is 2. The molecule has 5 heteroatoms. The molecule has 0 aliphatic heterocycles. The van der Waals surface area contributed by atoms with Gasteiger partial charge in [-0.2, -0.15) is 0 Å². The van der Waals surface area contributed by atoms with Crippen molar-refractivity contribution < 1.29 is 4.79 Å². The van der Waals surface area contributed by atoms with Crippen LogP contribution in [0.1, 0.15) is 18.5 Å². The molecule has 1 amide bonds. The Balaban J connectivity index is 3.04. The second-order valence-corrected chi connectivity index (χ2v) is 3.94. The molecule has 0 saturated carbocycles. The van der Waals surface area contributed by atoms with Crippen LogP contribution >= 0.6 is 23.8 Å². The number of rotatable bonds is 3. The lowest BCUT2D eigenvalue weighted by atomic mass is 10.1. The minimum Gasteiger partial charge on any atom is -0.391 e. The summed E-state index contributed by atoms with van der Waals surface area (Å²) in [5.41, 5.74) is 6.25. The summed E-state index contributed by atoms with van der Waals surface area (Å²) in [7, 11) is 0. The van der Waals surface area contributed by atoms with Crippen molar-refractivity contribution >= 4 is 34.7 Å². The molecule has 0 bridgehead atoms. The number of nitrogens with one attached hydrogen (secondary N) is 1. The van der Waals surface area contributed by atoms with Crippen molar-refractivity contribution in [2.24, 2.45) is 5.73 Å². The van der Waals surface area contributed by atoms with Gasteiger partial charge >= 0.3 is 0 Å². The summed E-state index contributed by atoms with van der Waals surface area (Å²) >= 11 is 10.9. The highest BCUT2D eigenvalue weighted by Crippen LogP contribution is 2.22. The molecule has 3 N–H and O–H groups in total. The number of carbonyl (C=O) groups is 1. The molecular weight excluding hydrogens is 232 g/mol. The Hall–Kier alpha value is -1.13. The number of halogens is 1. The molecule has 0 spiro atoms. The van der Waals surface area contributed by atoms with Crippen LogP contribution in [0.4, 0.5) is 0 Å². The second-order valence-electron chi connectivity index (χ2n) is 3.06. The zero-order chi connectivity index (χ0) is 11.4. The van der Waals surface area contributed by atoms with E-state index in [4.69, 9.17) is 29.6 Å². The van der Waals surface area contributed by atoms with E-state index >= 15 is 0 Å². The fraction of sp³-hybridized carbons (Fsp3) is 0.200. The summed E-state index contributed by atoms with van der Waals surface area (Å²) in [6.07, 6.45) is 0. The Labute approximate surface area is 98.6 Å². The van der Waals surface area contributed by atoms with Gasteiger partial charge in [0.25, 0.3) is 0 Å². The number of amides is 1. The number of nitrogens with two attached hydrogens (primary N) is 1. The molecular formula is C10H11ClN2OS. The second kappa shape index (κ2) is 5.09. The summed E-state index contributed by atoms with van der Waals surface area (Å²) in [6.45, 7) is 1.40. The van der Waals surface area contributed by atoms with Crippen LogP contribution in [0.3, 0.4) is 0 Å². The molecule has 0 aromatic heterocycles. The van der Waals surface area contributed by atoms with Gasteiger partial charge in [0.1, 0.15) is 11.0 Å². The predicted molar refractivity (Wildman–Crippen MR) is 64.8 cm³/mol. The standard InChI is InChI=1S/C10H11ClN2OS/c1-6(14)13-9(10(12)15)7-4-2-3-5-8(7)11/h2-5,9H,1H3,(H2,12,15)(H,13,14). The molecule has 1 aromatic rings. The maximum atomic E-state index is 11.0. The molecule has 1 aromatic carbocycles. The third-order valence-corrected chi connectivity index (χ3v) is 2.43. The smallest absolute Gasteiger partial charge is 0.217 e. The van der Waals surface area contributed by atoms with Crippen molar-refractivity contribution in [3.8, 4) is 0 Å². The van der Waals surface area contributed by atoms with Gasteiger partial charge in [-0.05, 0) is 11.6 Å². The Bertz CT molecular complexity index is 395. The highest BCUT2D eigenvalue weighted by atomic mass is 35.5. The van der Waals surface area contributed by atoms with Gasteiger partial charge in [0.2, 0.25) is 5.91 Å². The average Bonchev–Trinajstić information content (AvgIpc) is 2.15. The summed E-state index contributed by atoms with van der Waals surface area (Å²) < 4.78 is 0. The highest BCUT2D eigenvalue weighted by molar-refractivity contribution is 7.80. The molecule has 1 unspecified atom stereocenters. The van der Waals surface area contributed by atoms with Crippen LogP contribution in [-0.4, -0.2) is 10.9 Å². The number of carbonyl (C=O) groups excluding carboxylic acids is 1. The van der Waals surface area contributed by atoms with Gasteiger partial charge in [0, 0.05) is 11.9 Å². The number of benzene rings is 1. The molecule has 0 aliphatic carbocycles. The van der Waals surface area contributed by atoms with Gasteiger partial charge < -0.3 is 11.1 Å². The molecule has 15 heavy (non-hydrogen) atoms. The minimum atomic E-state index is -0.508. The van der Waals surface area contributed by atoms with E-state index in [0.29, 0.717) is 10.6 Å². The van der Waals surface area contributed by atoms with Crippen LogP contribution in [0, 0.1) is 0 Å². The van der Waals surface area contributed by atoms with Gasteiger partial charge in [0.05, 0.1) is 0 Å². The average molecular weight is 243 g/mol. The molecule has 0 aliphatic rings. The third kappa shape index (κ3) is 3.18. The van der Waals surface area contributed by atoms with Gasteiger partial charge in [-0.15, -0.1) is 0 Å². The van der Waals surface area contributed by atoms with Crippen molar-refractivity contribution in [1.82, 2.24) is 5.32 Å². The lowest BCUT2D eigenvalue weighted by Crippen LogP contribution is -2.35. The monoisotopic (exact) mass is 242 g/mol. The molecule has 1 rings (SSSR count). The lowest BCUT2D eigenvalue weighted by molar-refractivity contribution is -0.119. The van der Waals surface area contributed by atoms with Gasteiger partial charge in [-0.25, -0.2) is 0 Å². The van der Waals surface area contributed by atoms with Crippen LogP contribution in [-0.2, 0) is 4.79 Å². The largest absolute Gasteiger partial charge is 0.391 e. The van der Waals surface area contributed by atoms with Crippen molar-refractivity contribution in [3.63, 3.8) is 0 Å². The normalized spacial score (nSPS) is 11.9. The Morgan fingerprint density at radius 3 is 2.60 bits per heavy atom. The summed E-state index contributed by atoms with van der Waals surface area (Å²) in [5, 5.41) is 3.18. The highest BCUT2D eigenvalue weighted by Gasteiger charge is 2.17. The molecule has 80 valence electrons. The molecule has 0 fully saturated rings. The zero-order valence-electron chi connectivity index (χ0n) is 8.16. The van der Waals surface area contributed by atoms with Crippen LogP contribution < -0.4 is 11.1 Å². The fourth-order valence-electron chi connectivity index (χ4n) is 1.21. The topological polar surface area (TPSA) is 55.1 Å². The first-order chi connectivity index (χ1) is 7.02. The van der Waals surface area contributed by atoms with Crippen LogP contribution in [0.5, 0.6) is 0 Å². The molecule has 0 radical (unpaired) electrons. The fourth-order valence-corrected chi connectivity index (χ4v) is 1.65. The molecule has 0 heterocycles. The van der Waals surface area contributed by atoms with Crippen LogP contribution in [0.25, 0.3) is 0 Å². The first-order valence-corrected chi connectivity index (χ1v) is 5.12. The number of thiocarbonyl (C=S) groups is 1. The van der Waals surface area contributed by atoms with E-state index in [0.717, 1.165) is 0 Å². The van der Waals surface area contributed by atoms with Crippen LogP contribution in [0.15, 0.2) is 24.3 Å². The van der Waals surface area contributed by atoms with E-state index in [-0.39, 0.29) is 10.9 Å². The quantitative estimate of drug-likeness (QED) is 0.795. The minimum absolute atomic E-state index is 0.193. The SMILES string of the molecule is CC(=O)NC(C(N)=S)c1ccccc1Cl. The van der Waals surface area contributed by atoms with E-state index in [1.165, 1.54) is 6.92 Å². The van der Waals surface area contributed by atoms with Gasteiger partial charge in [0.15, 0.2) is 0 Å². The van der Waals surface area contributed by atoms with Gasteiger partial charge in [-0.1, -0.05) is 42.0 Å². The number of hydrogen-bond acceptors (Lipinski definition) is 2. The van der Waals surface area contributed by atoms with E-state index in [1.807, 2.05) is 6.07 Å². The van der Waals surface area contributed by atoms with Crippen molar-refractivity contribution in [2.45, 2.75) is 13.0 Å². The van der Waals surface area contributed by atoms with E-state index in [9.17, 15) is 4.79 Å². The Morgan fingerprint density at radius 1 is 1.53 bits per heavy atom.